The van der Waals surface area contributed by atoms with Crippen LogP contribution in [0.4, 0.5) is 0 Å². The van der Waals surface area contributed by atoms with Gasteiger partial charge in [-0.05, 0) is 12.0 Å². The first-order valence-corrected chi connectivity index (χ1v) is 4.33. The summed E-state index contributed by atoms with van der Waals surface area (Å²) in [6.07, 6.45) is 1.44. The predicted molar refractivity (Wildman–Crippen MR) is 51.8 cm³/mol. The monoisotopic (exact) mass is 195 g/mol. The van der Waals surface area contributed by atoms with Gasteiger partial charge < -0.3 is 9.84 Å². The number of hydrogen-bond acceptors (Lipinski definition) is 3. The van der Waals surface area contributed by atoms with E-state index in [4.69, 9.17) is 9.84 Å². The highest BCUT2D eigenvalue weighted by Gasteiger charge is 2.13. The number of aromatic nitrogens is 1. The summed E-state index contributed by atoms with van der Waals surface area (Å²) in [5.41, 5.74) is 0.911. The molecule has 0 saturated heterocycles. The van der Waals surface area contributed by atoms with E-state index < -0.39 is 5.97 Å². The summed E-state index contributed by atoms with van der Waals surface area (Å²) in [7, 11) is 1.43. The number of rotatable bonds is 3. The molecule has 0 fully saturated rings. The van der Waals surface area contributed by atoms with Crippen LogP contribution in [0, 0.1) is 0 Å². The fourth-order valence-corrected chi connectivity index (χ4v) is 1.10. The van der Waals surface area contributed by atoms with Gasteiger partial charge in [0.25, 0.3) is 0 Å². The molecule has 4 heteroatoms. The van der Waals surface area contributed by atoms with Crippen molar-refractivity contribution >= 4 is 5.97 Å². The van der Waals surface area contributed by atoms with Crippen molar-refractivity contribution in [3.63, 3.8) is 0 Å². The number of pyridine rings is 1. The second kappa shape index (κ2) is 4.09. The van der Waals surface area contributed by atoms with E-state index in [0.717, 1.165) is 5.69 Å². The SMILES string of the molecule is COc1cnc(C(C)C)cc1C(=O)O. The number of methoxy groups -OCH3 is 1. The molecule has 0 atom stereocenters. The van der Waals surface area contributed by atoms with Crippen LogP contribution in [-0.2, 0) is 0 Å². The molecule has 0 spiro atoms. The number of carboxylic acids is 1. The Bertz CT molecular complexity index is 347. The average molecular weight is 195 g/mol. The molecule has 14 heavy (non-hydrogen) atoms. The quantitative estimate of drug-likeness (QED) is 0.800. The lowest BCUT2D eigenvalue weighted by atomic mass is 10.1. The Morgan fingerprint density at radius 1 is 1.57 bits per heavy atom. The molecule has 76 valence electrons. The molecule has 0 unspecified atom stereocenters. The second-order valence-electron chi connectivity index (χ2n) is 3.27. The maximum Gasteiger partial charge on any atom is 0.339 e. The molecule has 0 bridgehead atoms. The summed E-state index contributed by atoms with van der Waals surface area (Å²) >= 11 is 0. The predicted octanol–water partition coefficient (Wildman–Crippen LogP) is 1.91. The van der Waals surface area contributed by atoms with E-state index in [9.17, 15) is 4.79 Å². The molecule has 1 heterocycles. The first-order chi connectivity index (χ1) is 6.56. The summed E-state index contributed by atoms with van der Waals surface area (Å²) < 4.78 is 4.90. The minimum absolute atomic E-state index is 0.159. The Morgan fingerprint density at radius 2 is 2.21 bits per heavy atom. The normalized spacial score (nSPS) is 10.3. The van der Waals surface area contributed by atoms with E-state index in [-0.39, 0.29) is 11.5 Å². The maximum atomic E-state index is 10.8. The molecule has 0 radical (unpaired) electrons. The summed E-state index contributed by atoms with van der Waals surface area (Å²) in [5, 5.41) is 8.90. The molecular weight excluding hydrogens is 182 g/mol. The third-order valence-electron chi connectivity index (χ3n) is 1.93. The minimum atomic E-state index is -0.994. The number of nitrogens with zero attached hydrogens (tertiary/aromatic N) is 1. The molecule has 0 amide bonds. The molecule has 1 aromatic heterocycles. The molecule has 0 aliphatic rings. The fraction of sp³-hybridized carbons (Fsp3) is 0.400. The average Bonchev–Trinajstić information content (AvgIpc) is 2.16. The van der Waals surface area contributed by atoms with Crippen LogP contribution >= 0.6 is 0 Å². The van der Waals surface area contributed by atoms with Crippen molar-refractivity contribution in [2.45, 2.75) is 19.8 Å². The van der Waals surface area contributed by atoms with Crippen LogP contribution in [0.25, 0.3) is 0 Å². The van der Waals surface area contributed by atoms with Gasteiger partial charge in [-0.1, -0.05) is 13.8 Å². The Hall–Kier alpha value is -1.58. The van der Waals surface area contributed by atoms with Gasteiger partial charge in [0.2, 0.25) is 0 Å². The third-order valence-corrected chi connectivity index (χ3v) is 1.93. The number of ether oxygens (including phenoxy) is 1. The third kappa shape index (κ3) is 2.02. The number of hydrogen-bond donors (Lipinski definition) is 1. The highest BCUT2D eigenvalue weighted by molar-refractivity contribution is 5.90. The number of carboxylic acid groups (broad SMARTS) is 1. The Morgan fingerprint density at radius 3 is 2.64 bits per heavy atom. The first kappa shape index (κ1) is 10.5. The topological polar surface area (TPSA) is 59.4 Å². The van der Waals surface area contributed by atoms with Gasteiger partial charge in [-0.2, -0.15) is 0 Å². The van der Waals surface area contributed by atoms with Crippen LogP contribution in [0.3, 0.4) is 0 Å². The zero-order valence-electron chi connectivity index (χ0n) is 8.44. The maximum absolute atomic E-state index is 10.8. The van der Waals surface area contributed by atoms with Crippen LogP contribution in [0.5, 0.6) is 5.75 Å². The highest BCUT2D eigenvalue weighted by atomic mass is 16.5. The summed E-state index contributed by atoms with van der Waals surface area (Å²) in [6.45, 7) is 3.92. The molecular formula is C10H13NO3. The molecule has 1 rings (SSSR count). The summed E-state index contributed by atoms with van der Waals surface area (Å²) in [6, 6.07) is 1.55. The van der Waals surface area contributed by atoms with E-state index >= 15 is 0 Å². The van der Waals surface area contributed by atoms with Crippen LogP contribution in [0.2, 0.25) is 0 Å². The first-order valence-electron chi connectivity index (χ1n) is 4.33. The van der Waals surface area contributed by atoms with Crippen LogP contribution in [0.15, 0.2) is 12.3 Å². The number of aromatic carboxylic acids is 1. The van der Waals surface area contributed by atoms with Gasteiger partial charge in [-0.15, -0.1) is 0 Å². The lowest BCUT2D eigenvalue weighted by Crippen LogP contribution is -2.04. The van der Waals surface area contributed by atoms with Gasteiger partial charge >= 0.3 is 5.97 Å². The van der Waals surface area contributed by atoms with Gasteiger partial charge in [-0.25, -0.2) is 4.79 Å². The molecule has 0 aromatic carbocycles. The number of carbonyl (C=O) groups is 1. The van der Waals surface area contributed by atoms with Crippen molar-refractivity contribution in [2.24, 2.45) is 0 Å². The van der Waals surface area contributed by atoms with E-state index in [0.29, 0.717) is 5.75 Å². The molecule has 0 saturated carbocycles. The van der Waals surface area contributed by atoms with E-state index in [1.165, 1.54) is 13.3 Å². The molecule has 1 N–H and O–H groups in total. The summed E-state index contributed by atoms with van der Waals surface area (Å²) in [5.74, 6) is -0.493. The van der Waals surface area contributed by atoms with Crippen molar-refractivity contribution in [2.75, 3.05) is 7.11 Å². The van der Waals surface area contributed by atoms with Crippen LogP contribution in [-0.4, -0.2) is 23.2 Å². The largest absolute Gasteiger partial charge is 0.494 e. The second-order valence-corrected chi connectivity index (χ2v) is 3.27. The Kier molecular flexibility index (Phi) is 3.06. The van der Waals surface area contributed by atoms with Crippen molar-refractivity contribution in [3.8, 4) is 5.75 Å². The van der Waals surface area contributed by atoms with Gasteiger partial charge in [0.15, 0.2) is 5.75 Å². The van der Waals surface area contributed by atoms with Crippen molar-refractivity contribution in [1.82, 2.24) is 4.98 Å². The van der Waals surface area contributed by atoms with Gasteiger partial charge in [-0.3, -0.25) is 4.98 Å². The zero-order chi connectivity index (χ0) is 10.7. The van der Waals surface area contributed by atoms with Gasteiger partial charge in [0, 0.05) is 5.69 Å². The van der Waals surface area contributed by atoms with Crippen molar-refractivity contribution in [1.29, 1.82) is 0 Å². The zero-order valence-corrected chi connectivity index (χ0v) is 8.44. The summed E-state index contributed by atoms with van der Waals surface area (Å²) in [4.78, 5) is 15.0. The smallest absolute Gasteiger partial charge is 0.339 e. The lowest BCUT2D eigenvalue weighted by molar-refractivity contribution is 0.0693. The van der Waals surface area contributed by atoms with Crippen LogP contribution in [0.1, 0.15) is 35.8 Å². The fourth-order valence-electron chi connectivity index (χ4n) is 1.10. The van der Waals surface area contributed by atoms with E-state index in [2.05, 4.69) is 4.98 Å². The Balaban J connectivity index is 3.21. The molecule has 1 aromatic rings. The highest BCUT2D eigenvalue weighted by Crippen LogP contribution is 2.21. The van der Waals surface area contributed by atoms with Gasteiger partial charge in [0.05, 0.1) is 13.3 Å². The molecule has 0 aliphatic carbocycles. The van der Waals surface area contributed by atoms with Gasteiger partial charge in [0.1, 0.15) is 5.56 Å². The molecule has 0 aliphatic heterocycles. The van der Waals surface area contributed by atoms with E-state index in [1.54, 1.807) is 6.07 Å². The van der Waals surface area contributed by atoms with Crippen molar-refractivity contribution < 1.29 is 14.6 Å². The Labute approximate surface area is 82.5 Å². The standard InChI is InChI=1S/C10H13NO3/c1-6(2)8-4-7(10(12)13)9(14-3)5-11-8/h4-6H,1-3H3,(H,12,13). The van der Waals surface area contributed by atoms with Crippen LogP contribution < -0.4 is 4.74 Å². The van der Waals surface area contributed by atoms with Crippen molar-refractivity contribution in [3.05, 3.63) is 23.5 Å². The molecule has 4 nitrogen and oxygen atoms in total. The minimum Gasteiger partial charge on any atom is -0.494 e. The van der Waals surface area contributed by atoms with E-state index in [1.807, 2.05) is 13.8 Å². The lowest BCUT2D eigenvalue weighted by Gasteiger charge is -2.08.